The first-order chi connectivity index (χ1) is 11.5. The van der Waals surface area contributed by atoms with Gasteiger partial charge < -0.3 is 15.2 Å². The fraction of sp³-hybridized carbons (Fsp3) is 0.375. The van der Waals surface area contributed by atoms with E-state index in [1.54, 1.807) is 24.3 Å². The van der Waals surface area contributed by atoms with E-state index in [0.29, 0.717) is 11.1 Å². The number of nitrogens with zero attached hydrogens (tertiary/aromatic N) is 1. The van der Waals surface area contributed by atoms with Crippen LogP contribution in [-0.2, 0) is 14.3 Å². The van der Waals surface area contributed by atoms with Crippen LogP contribution in [0, 0.1) is 0 Å². The van der Waals surface area contributed by atoms with Crippen molar-refractivity contribution < 1.29 is 29.0 Å². The number of benzene rings is 1. The predicted octanol–water partition coefficient (Wildman–Crippen LogP) is 0.279. The minimum Gasteiger partial charge on any atom is -0.480 e. The molecule has 3 amide bonds. The molecule has 1 unspecified atom stereocenters. The number of methoxy groups -OCH3 is 1. The quantitative estimate of drug-likeness (QED) is 0.660. The van der Waals surface area contributed by atoms with Crippen molar-refractivity contribution >= 4 is 23.7 Å². The zero-order chi connectivity index (χ0) is 17.7. The normalized spacial score (nSPS) is 14.5. The molecule has 0 saturated carbocycles. The van der Waals surface area contributed by atoms with Gasteiger partial charge in [0, 0.05) is 33.1 Å². The Hall–Kier alpha value is -2.74. The molecule has 0 aliphatic carbocycles. The standard InChI is InChI=1S/C16H18N2O6/c1-24-9-7-12(16(22)23)17-13(19)6-8-18-14(20)10-4-2-3-5-11(10)15(18)21/h2-5,12H,6-9H2,1H3,(H,17,19)(H,22,23). The second kappa shape index (κ2) is 7.69. The number of hydrogen-bond donors (Lipinski definition) is 2. The van der Waals surface area contributed by atoms with Crippen molar-refractivity contribution in [3.8, 4) is 0 Å². The molecule has 1 heterocycles. The lowest BCUT2D eigenvalue weighted by Crippen LogP contribution is -2.43. The van der Waals surface area contributed by atoms with Gasteiger partial charge in [-0.1, -0.05) is 12.1 Å². The third-order valence-corrected chi connectivity index (χ3v) is 3.68. The maximum atomic E-state index is 12.2. The van der Waals surface area contributed by atoms with Crippen LogP contribution in [0.5, 0.6) is 0 Å². The van der Waals surface area contributed by atoms with Crippen molar-refractivity contribution in [3.05, 3.63) is 35.4 Å². The summed E-state index contributed by atoms with van der Waals surface area (Å²) >= 11 is 0. The molecule has 8 heteroatoms. The minimum atomic E-state index is -1.17. The lowest BCUT2D eigenvalue weighted by atomic mass is 10.1. The Kier molecular flexibility index (Phi) is 5.64. The van der Waals surface area contributed by atoms with E-state index < -0.39 is 29.7 Å². The molecule has 2 N–H and O–H groups in total. The number of hydrogen-bond acceptors (Lipinski definition) is 5. The number of carbonyl (C=O) groups is 4. The Balaban J connectivity index is 1.92. The Morgan fingerprint density at radius 1 is 1.21 bits per heavy atom. The molecule has 1 aromatic carbocycles. The van der Waals surface area contributed by atoms with Gasteiger partial charge in [0.1, 0.15) is 6.04 Å². The van der Waals surface area contributed by atoms with Gasteiger partial charge in [-0.05, 0) is 12.1 Å². The molecule has 0 aromatic heterocycles. The maximum absolute atomic E-state index is 12.2. The largest absolute Gasteiger partial charge is 0.480 e. The summed E-state index contributed by atoms with van der Waals surface area (Å²) < 4.78 is 4.80. The van der Waals surface area contributed by atoms with Crippen molar-refractivity contribution in [2.45, 2.75) is 18.9 Å². The molecule has 0 fully saturated rings. The number of carboxylic acid groups (broad SMARTS) is 1. The average molecular weight is 334 g/mol. The minimum absolute atomic E-state index is 0.102. The van der Waals surface area contributed by atoms with E-state index in [1.165, 1.54) is 7.11 Å². The number of fused-ring (bicyclic) bond motifs is 1. The lowest BCUT2D eigenvalue weighted by molar-refractivity contribution is -0.142. The molecule has 1 aliphatic heterocycles. The van der Waals surface area contributed by atoms with E-state index >= 15 is 0 Å². The van der Waals surface area contributed by atoms with Crippen LogP contribution in [0.25, 0.3) is 0 Å². The Labute approximate surface area is 138 Å². The molecular formula is C16H18N2O6. The van der Waals surface area contributed by atoms with Crippen LogP contribution in [-0.4, -0.2) is 60.0 Å². The van der Waals surface area contributed by atoms with Crippen LogP contribution >= 0.6 is 0 Å². The maximum Gasteiger partial charge on any atom is 0.326 e. The first-order valence-corrected chi connectivity index (χ1v) is 7.42. The number of imide groups is 1. The molecule has 128 valence electrons. The van der Waals surface area contributed by atoms with Crippen molar-refractivity contribution in [2.24, 2.45) is 0 Å². The third kappa shape index (κ3) is 3.77. The van der Waals surface area contributed by atoms with Crippen molar-refractivity contribution in [2.75, 3.05) is 20.3 Å². The van der Waals surface area contributed by atoms with Gasteiger partial charge in [0.15, 0.2) is 0 Å². The van der Waals surface area contributed by atoms with Gasteiger partial charge in [0.25, 0.3) is 11.8 Å². The second-order valence-corrected chi connectivity index (χ2v) is 5.30. The molecule has 1 aromatic rings. The monoisotopic (exact) mass is 334 g/mol. The van der Waals surface area contributed by atoms with E-state index in [2.05, 4.69) is 5.32 Å². The van der Waals surface area contributed by atoms with Gasteiger partial charge in [-0.2, -0.15) is 0 Å². The summed E-state index contributed by atoms with van der Waals surface area (Å²) in [5.74, 6) is -2.61. The van der Waals surface area contributed by atoms with E-state index in [0.717, 1.165) is 4.90 Å². The number of aliphatic carboxylic acids is 1. The molecule has 0 saturated heterocycles. The highest BCUT2D eigenvalue weighted by Crippen LogP contribution is 2.22. The highest BCUT2D eigenvalue weighted by molar-refractivity contribution is 6.21. The molecular weight excluding hydrogens is 316 g/mol. The molecule has 1 atom stereocenters. The molecule has 0 radical (unpaired) electrons. The smallest absolute Gasteiger partial charge is 0.326 e. The zero-order valence-electron chi connectivity index (χ0n) is 13.2. The summed E-state index contributed by atoms with van der Waals surface area (Å²) in [6.45, 7) is 0.0877. The van der Waals surface area contributed by atoms with E-state index in [-0.39, 0.29) is 26.0 Å². The van der Waals surface area contributed by atoms with Gasteiger partial charge in [-0.25, -0.2) is 4.79 Å². The summed E-state index contributed by atoms with van der Waals surface area (Å²) in [5.41, 5.74) is 0.623. The van der Waals surface area contributed by atoms with Crippen LogP contribution < -0.4 is 5.32 Å². The second-order valence-electron chi connectivity index (χ2n) is 5.30. The average Bonchev–Trinajstić information content (AvgIpc) is 2.81. The number of ether oxygens (including phenoxy) is 1. The molecule has 1 aliphatic rings. The van der Waals surface area contributed by atoms with Gasteiger partial charge in [-0.15, -0.1) is 0 Å². The third-order valence-electron chi connectivity index (χ3n) is 3.68. The van der Waals surface area contributed by atoms with Gasteiger partial charge in [0.2, 0.25) is 5.91 Å². The number of carboxylic acids is 1. The highest BCUT2D eigenvalue weighted by Gasteiger charge is 2.35. The number of rotatable bonds is 8. The Morgan fingerprint density at radius 3 is 2.29 bits per heavy atom. The molecule has 2 rings (SSSR count). The van der Waals surface area contributed by atoms with Crippen molar-refractivity contribution in [1.29, 1.82) is 0 Å². The number of nitrogens with one attached hydrogen (secondary N) is 1. The highest BCUT2D eigenvalue weighted by atomic mass is 16.5. The lowest BCUT2D eigenvalue weighted by Gasteiger charge is -2.16. The first kappa shape index (κ1) is 17.6. The fourth-order valence-corrected chi connectivity index (χ4v) is 2.42. The number of carbonyl (C=O) groups excluding carboxylic acids is 3. The van der Waals surface area contributed by atoms with Crippen LogP contribution in [0.1, 0.15) is 33.6 Å². The fourth-order valence-electron chi connectivity index (χ4n) is 2.42. The van der Waals surface area contributed by atoms with E-state index in [1.807, 2.05) is 0 Å². The summed E-state index contributed by atoms with van der Waals surface area (Å²) in [5, 5.41) is 11.4. The van der Waals surface area contributed by atoms with Gasteiger partial charge in [-0.3, -0.25) is 19.3 Å². The Morgan fingerprint density at radius 2 is 1.79 bits per heavy atom. The SMILES string of the molecule is COCCC(NC(=O)CCN1C(=O)c2ccccc2C1=O)C(=O)O. The van der Waals surface area contributed by atoms with E-state index in [4.69, 9.17) is 9.84 Å². The van der Waals surface area contributed by atoms with Crippen molar-refractivity contribution in [1.82, 2.24) is 10.2 Å². The molecule has 0 bridgehead atoms. The summed E-state index contributed by atoms with van der Waals surface area (Å²) in [6, 6.07) is 5.36. The van der Waals surface area contributed by atoms with Crippen LogP contribution in [0.3, 0.4) is 0 Å². The van der Waals surface area contributed by atoms with Crippen LogP contribution in [0.2, 0.25) is 0 Å². The first-order valence-electron chi connectivity index (χ1n) is 7.42. The zero-order valence-corrected chi connectivity index (χ0v) is 13.2. The predicted molar refractivity (Wildman–Crippen MR) is 82.5 cm³/mol. The molecule has 0 spiro atoms. The van der Waals surface area contributed by atoms with Crippen LogP contribution in [0.4, 0.5) is 0 Å². The van der Waals surface area contributed by atoms with Crippen LogP contribution in [0.15, 0.2) is 24.3 Å². The van der Waals surface area contributed by atoms with Gasteiger partial charge in [0.05, 0.1) is 11.1 Å². The summed E-state index contributed by atoms with van der Waals surface area (Å²) in [6.07, 6.45) is -0.0349. The number of amides is 3. The van der Waals surface area contributed by atoms with E-state index in [9.17, 15) is 19.2 Å². The molecule has 8 nitrogen and oxygen atoms in total. The summed E-state index contributed by atoms with van der Waals surface area (Å²) in [7, 11) is 1.43. The van der Waals surface area contributed by atoms with Crippen molar-refractivity contribution in [3.63, 3.8) is 0 Å². The Bertz CT molecular complexity index is 637. The molecule has 24 heavy (non-hydrogen) atoms. The van der Waals surface area contributed by atoms with Gasteiger partial charge >= 0.3 is 5.97 Å². The topological polar surface area (TPSA) is 113 Å². The summed E-state index contributed by atoms with van der Waals surface area (Å²) in [4.78, 5) is 48.3.